The van der Waals surface area contributed by atoms with Gasteiger partial charge >= 0.3 is 0 Å². The largest absolute Gasteiger partial charge is 0.459 e. The molecule has 4 heteroatoms. The van der Waals surface area contributed by atoms with Gasteiger partial charge < -0.3 is 9.73 Å². The van der Waals surface area contributed by atoms with E-state index < -0.39 is 0 Å². The number of hydrogen-bond donors (Lipinski definition) is 2. The third-order valence-electron chi connectivity index (χ3n) is 4.78. The molecule has 136 valence electrons. The fourth-order valence-corrected chi connectivity index (χ4v) is 3.24. The summed E-state index contributed by atoms with van der Waals surface area (Å²) in [6, 6.07) is 17.6. The molecule has 0 aliphatic rings. The lowest BCUT2D eigenvalue weighted by Gasteiger charge is -2.22. The number of para-hydroxylation sites is 1. The highest BCUT2D eigenvalue weighted by molar-refractivity contribution is 5.82. The first-order valence-corrected chi connectivity index (χ1v) is 9.06. The van der Waals surface area contributed by atoms with E-state index in [4.69, 9.17) is 4.42 Å². The molecule has 0 saturated heterocycles. The SMILES string of the molecule is Cc1ccccc1C(C)NC(=O)C(C)NC(C)c1cc2ccccc2o1. The van der Waals surface area contributed by atoms with Crippen molar-refractivity contribution >= 4 is 16.9 Å². The number of benzene rings is 2. The van der Waals surface area contributed by atoms with E-state index in [2.05, 4.69) is 29.7 Å². The van der Waals surface area contributed by atoms with Crippen molar-refractivity contribution in [1.29, 1.82) is 0 Å². The van der Waals surface area contributed by atoms with Gasteiger partial charge in [-0.15, -0.1) is 0 Å². The van der Waals surface area contributed by atoms with Crippen LogP contribution in [0.2, 0.25) is 0 Å². The Morgan fingerprint density at radius 3 is 2.38 bits per heavy atom. The molecule has 1 aromatic heterocycles. The Morgan fingerprint density at radius 1 is 0.962 bits per heavy atom. The molecule has 3 aromatic rings. The van der Waals surface area contributed by atoms with Crippen LogP contribution >= 0.6 is 0 Å². The summed E-state index contributed by atoms with van der Waals surface area (Å²) in [6.07, 6.45) is 0. The number of carbonyl (C=O) groups is 1. The molecule has 1 amide bonds. The molecule has 2 N–H and O–H groups in total. The number of furan rings is 1. The zero-order valence-corrected chi connectivity index (χ0v) is 15.7. The van der Waals surface area contributed by atoms with Crippen molar-refractivity contribution < 1.29 is 9.21 Å². The van der Waals surface area contributed by atoms with Gasteiger partial charge in [0.25, 0.3) is 0 Å². The lowest BCUT2D eigenvalue weighted by molar-refractivity contribution is -0.123. The van der Waals surface area contributed by atoms with E-state index in [1.165, 1.54) is 5.56 Å². The molecule has 1 heterocycles. The van der Waals surface area contributed by atoms with Crippen molar-refractivity contribution in [2.45, 2.75) is 45.8 Å². The summed E-state index contributed by atoms with van der Waals surface area (Å²) in [4.78, 5) is 12.6. The van der Waals surface area contributed by atoms with Crippen LogP contribution in [0.4, 0.5) is 0 Å². The van der Waals surface area contributed by atoms with Gasteiger partial charge in [-0.3, -0.25) is 10.1 Å². The summed E-state index contributed by atoms with van der Waals surface area (Å²) in [7, 11) is 0. The summed E-state index contributed by atoms with van der Waals surface area (Å²) in [6.45, 7) is 7.95. The maximum Gasteiger partial charge on any atom is 0.237 e. The Bertz CT molecular complexity index is 867. The fourth-order valence-electron chi connectivity index (χ4n) is 3.24. The molecule has 0 aliphatic carbocycles. The molecule has 0 bridgehead atoms. The molecular weight excluding hydrogens is 324 g/mol. The van der Waals surface area contributed by atoms with E-state index in [-0.39, 0.29) is 24.0 Å². The maximum atomic E-state index is 12.6. The number of carbonyl (C=O) groups excluding carboxylic acids is 1. The second-order valence-electron chi connectivity index (χ2n) is 6.88. The molecule has 3 rings (SSSR count). The Balaban J connectivity index is 1.62. The zero-order chi connectivity index (χ0) is 18.7. The predicted molar refractivity (Wildman–Crippen MR) is 105 cm³/mol. The quantitative estimate of drug-likeness (QED) is 0.680. The van der Waals surface area contributed by atoms with E-state index >= 15 is 0 Å². The van der Waals surface area contributed by atoms with Crippen molar-refractivity contribution in [1.82, 2.24) is 10.6 Å². The Kier molecular flexibility index (Phi) is 5.43. The highest BCUT2D eigenvalue weighted by Crippen LogP contribution is 2.24. The minimum atomic E-state index is -0.329. The number of aryl methyl sites for hydroxylation is 1. The van der Waals surface area contributed by atoms with Gasteiger partial charge in [-0.2, -0.15) is 0 Å². The topological polar surface area (TPSA) is 54.3 Å². The summed E-state index contributed by atoms with van der Waals surface area (Å²) < 4.78 is 5.88. The molecule has 0 saturated carbocycles. The second-order valence-corrected chi connectivity index (χ2v) is 6.88. The Hall–Kier alpha value is -2.59. The van der Waals surface area contributed by atoms with Crippen LogP contribution in [0.5, 0.6) is 0 Å². The number of fused-ring (bicyclic) bond motifs is 1. The minimum absolute atomic E-state index is 0.0243. The number of nitrogens with one attached hydrogen (secondary N) is 2. The van der Waals surface area contributed by atoms with Crippen molar-refractivity contribution in [3.05, 3.63) is 71.5 Å². The first-order chi connectivity index (χ1) is 12.5. The van der Waals surface area contributed by atoms with E-state index in [1.54, 1.807) is 0 Å². The molecule has 3 unspecified atom stereocenters. The highest BCUT2D eigenvalue weighted by atomic mass is 16.3. The van der Waals surface area contributed by atoms with E-state index in [9.17, 15) is 4.79 Å². The predicted octanol–water partition coefficient (Wildman–Crippen LogP) is 4.66. The monoisotopic (exact) mass is 350 g/mol. The first kappa shape index (κ1) is 18.2. The molecule has 3 atom stereocenters. The van der Waals surface area contributed by atoms with Crippen LogP contribution in [0.1, 0.15) is 49.7 Å². The van der Waals surface area contributed by atoms with Crippen molar-refractivity contribution in [2.75, 3.05) is 0 Å². The Labute approximate surface area is 154 Å². The van der Waals surface area contributed by atoms with Crippen LogP contribution in [0.25, 0.3) is 11.0 Å². The van der Waals surface area contributed by atoms with Crippen LogP contribution in [0.15, 0.2) is 59.0 Å². The lowest BCUT2D eigenvalue weighted by Crippen LogP contribution is -2.43. The number of hydrogen-bond acceptors (Lipinski definition) is 3. The zero-order valence-electron chi connectivity index (χ0n) is 15.7. The van der Waals surface area contributed by atoms with Gasteiger partial charge in [-0.25, -0.2) is 0 Å². The summed E-state index contributed by atoms with van der Waals surface area (Å²) in [5.41, 5.74) is 3.18. The van der Waals surface area contributed by atoms with Gasteiger partial charge in [0.15, 0.2) is 0 Å². The van der Waals surface area contributed by atoms with Gasteiger partial charge in [0.2, 0.25) is 5.91 Å². The average molecular weight is 350 g/mol. The smallest absolute Gasteiger partial charge is 0.237 e. The molecular formula is C22H26N2O2. The lowest BCUT2D eigenvalue weighted by atomic mass is 10.0. The standard InChI is InChI=1S/C22H26N2O2/c1-14-9-5-7-11-19(14)15(2)24-22(25)17(4)23-16(3)21-13-18-10-6-8-12-20(18)26-21/h5-13,15-17,23H,1-4H3,(H,24,25). The first-order valence-electron chi connectivity index (χ1n) is 9.06. The molecule has 0 aliphatic heterocycles. The van der Waals surface area contributed by atoms with E-state index in [1.807, 2.05) is 63.2 Å². The number of rotatable bonds is 6. The summed E-state index contributed by atoms with van der Waals surface area (Å²) in [5.74, 6) is 0.807. The molecule has 4 nitrogen and oxygen atoms in total. The fraction of sp³-hybridized carbons (Fsp3) is 0.318. The van der Waals surface area contributed by atoms with Gasteiger partial charge in [0.05, 0.1) is 18.1 Å². The number of amides is 1. The van der Waals surface area contributed by atoms with Gasteiger partial charge in [0.1, 0.15) is 11.3 Å². The summed E-state index contributed by atoms with van der Waals surface area (Å²) in [5, 5.41) is 7.48. The van der Waals surface area contributed by atoms with Crippen LogP contribution in [-0.4, -0.2) is 11.9 Å². The highest BCUT2D eigenvalue weighted by Gasteiger charge is 2.20. The van der Waals surface area contributed by atoms with Crippen LogP contribution in [0, 0.1) is 6.92 Å². The second kappa shape index (κ2) is 7.75. The summed E-state index contributed by atoms with van der Waals surface area (Å²) >= 11 is 0. The molecule has 26 heavy (non-hydrogen) atoms. The van der Waals surface area contributed by atoms with Crippen LogP contribution < -0.4 is 10.6 Å². The molecule has 0 fully saturated rings. The van der Waals surface area contributed by atoms with Gasteiger partial charge in [-0.1, -0.05) is 42.5 Å². The normalized spacial score (nSPS) is 14.8. The van der Waals surface area contributed by atoms with Crippen molar-refractivity contribution in [2.24, 2.45) is 0 Å². The third kappa shape index (κ3) is 3.97. The van der Waals surface area contributed by atoms with Crippen LogP contribution in [0.3, 0.4) is 0 Å². The Morgan fingerprint density at radius 2 is 1.65 bits per heavy atom. The van der Waals surface area contributed by atoms with Crippen molar-refractivity contribution in [3.8, 4) is 0 Å². The third-order valence-corrected chi connectivity index (χ3v) is 4.78. The minimum Gasteiger partial charge on any atom is -0.459 e. The van der Waals surface area contributed by atoms with Gasteiger partial charge in [-0.05, 0) is 51.0 Å². The van der Waals surface area contributed by atoms with E-state index in [0.717, 1.165) is 22.3 Å². The molecule has 2 aromatic carbocycles. The van der Waals surface area contributed by atoms with E-state index in [0.29, 0.717) is 0 Å². The van der Waals surface area contributed by atoms with Crippen LogP contribution in [-0.2, 0) is 4.79 Å². The average Bonchev–Trinajstić information content (AvgIpc) is 3.06. The van der Waals surface area contributed by atoms with Crippen molar-refractivity contribution in [3.63, 3.8) is 0 Å². The molecule has 0 radical (unpaired) electrons. The molecule has 0 spiro atoms. The van der Waals surface area contributed by atoms with Gasteiger partial charge in [0, 0.05) is 5.39 Å². The maximum absolute atomic E-state index is 12.6.